The molecule has 0 saturated carbocycles. The number of carbonyl (C=O) groups excluding carboxylic acids is 1. The van der Waals surface area contributed by atoms with Crippen molar-refractivity contribution in [2.45, 2.75) is 39.8 Å². The summed E-state index contributed by atoms with van der Waals surface area (Å²) in [5.74, 6) is 0.483. The van der Waals surface area contributed by atoms with Crippen LogP contribution in [0.2, 0.25) is 0 Å². The van der Waals surface area contributed by atoms with Crippen molar-refractivity contribution >= 4 is 11.9 Å². The fraction of sp³-hybridized carbons (Fsp3) is 0.389. The van der Waals surface area contributed by atoms with E-state index in [4.69, 9.17) is 9.47 Å². The van der Waals surface area contributed by atoms with E-state index in [1.165, 1.54) is 6.33 Å². The average molecular weight is 358 g/mol. The molecule has 0 fully saturated rings. The van der Waals surface area contributed by atoms with Gasteiger partial charge in [0.2, 0.25) is 5.95 Å². The maximum atomic E-state index is 12.7. The Morgan fingerprint density at radius 3 is 2.88 bits per heavy atom. The van der Waals surface area contributed by atoms with E-state index < -0.39 is 12.0 Å². The number of allylic oxidation sites excluding steroid dienone is 1. The van der Waals surface area contributed by atoms with Crippen molar-refractivity contribution in [1.82, 2.24) is 14.8 Å². The highest BCUT2D eigenvalue weighted by molar-refractivity contribution is 5.92. The van der Waals surface area contributed by atoms with Gasteiger partial charge in [0, 0.05) is 5.70 Å². The van der Waals surface area contributed by atoms with Crippen molar-refractivity contribution in [3.63, 3.8) is 0 Å². The minimum Gasteiger partial charge on any atom is -0.504 e. The molecule has 8 heteroatoms. The first-order chi connectivity index (χ1) is 12.4. The molecule has 1 aromatic heterocycles. The van der Waals surface area contributed by atoms with Gasteiger partial charge in [0.25, 0.3) is 0 Å². The summed E-state index contributed by atoms with van der Waals surface area (Å²) in [6.45, 7) is 7.64. The Balaban J connectivity index is 2.12. The van der Waals surface area contributed by atoms with Crippen molar-refractivity contribution in [2.24, 2.45) is 0 Å². The molecule has 2 aromatic rings. The first-order valence-corrected chi connectivity index (χ1v) is 8.46. The Kier molecular flexibility index (Phi) is 4.83. The van der Waals surface area contributed by atoms with Crippen LogP contribution in [0.5, 0.6) is 11.5 Å². The summed E-state index contributed by atoms with van der Waals surface area (Å²) in [5, 5.41) is 17.3. The van der Waals surface area contributed by atoms with Gasteiger partial charge in [0.05, 0.1) is 18.3 Å². The van der Waals surface area contributed by atoms with E-state index in [-0.39, 0.29) is 11.9 Å². The van der Waals surface area contributed by atoms with Gasteiger partial charge in [0.15, 0.2) is 11.5 Å². The van der Waals surface area contributed by atoms with Crippen molar-refractivity contribution in [3.8, 4) is 11.5 Å². The first kappa shape index (κ1) is 17.8. The third-order valence-electron chi connectivity index (χ3n) is 3.96. The third-order valence-corrected chi connectivity index (χ3v) is 3.96. The number of fused-ring (bicyclic) bond motifs is 1. The lowest BCUT2D eigenvalue weighted by atomic mass is 9.95. The number of rotatable bonds is 5. The highest BCUT2D eigenvalue weighted by atomic mass is 16.5. The zero-order chi connectivity index (χ0) is 18.8. The molecular weight excluding hydrogens is 336 g/mol. The minimum atomic E-state index is -0.542. The van der Waals surface area contributed by atoms with Crippen LogP contribution in [0.15, 0.2) is 35.8 Å². The second kappa shape index (κ2) is 7.07. The van der Waals surface area contributed by atoms with E-state index in [0.717, 1.165) is 5.56 Å². The van der Waals surface area contributed by atoms with Crippen LogP contribution >= 0.6 is 0 Å². The van der Waals surface area contributed by atoms with E-state index in [0.29, 0.717) is 29.6 Å². The Labute approximate surface area is 151 Å². The number of aromatic nitrogens is 3. The van der Waals surface area contributed by atoms with Crippen molar-refractivity contribution in [1.29, 1.82) is 0 Å². The maximum Gasteiger partial charge on any atom is 0.338 e. The van der Waals surface area contributed by atoms with Crippen molar-refractivity contribution in [2.75, 3.05) is 11.9 Å². The third kappa shape index (κ3) is 3.22. The number of esters is 1. The predicted molar refractivity (Wildman–Crippen MR) is 95.0 cm³/mol. The zero-order valence-corrected chi connectivity index (χ0v) is 15.2. The number of nitrogens with one attached hydrogen (secondary N) is 1. The number of nitrogens with zero attached hydrogens (tertiary/aromatic N) is 3. The summed E-state index contributed by atoms with van der Waals surface area (Å²) >= 11 is 0. The first-order valence-electron chi connectivity index (χ1n) is 8.46. The molecule has 0 bridgehead atoms. The number of phenolic OH excluding ortho intramolecular Hbond substituents is 1. The molecule has 0 aliphatic carbocycles. The number of hydrogen-bond donors (Lipinski definition) is 2. The SMILES string of the molecule is CCOc1cc([C@H]2C(C(=O)OC(C)C)=C(C)Nc3ncnn32)ccc1O. The average Bonchev–Trinajstić information content (AvgIpc) is 3.03. The van der Waals surface area contributed by atoms with Gasteiger partial charge >= 0.3 is 5.97 Å². The molecule has 2 heterocycles. The molecule has 1 aliphatic rings. The maximum absolute atomic E-state index is 12.7. The molecule has 2 N–H and O–H groups in total. The molecule has 0 radical (unpaired) electrons. The standard InChI is InChI=1S/C18H22N4O4/c1-5-25-14-8-12(6-7-13(14)23)16-15(17(24)26-10(2)3)11(4)21-18-19-9-20-22(16)18/h6-10,16,23H,5H2,1-4H3,(H,19,20,21)/t16-/m0/s1. The summed E-state index contributed by atoms with van der Waals surface area (Å²) in [6, 6.07) is 4.44. The molecule has 26 heavy (non-hydrogen) atoms. The molecule has 1 aliphatic heterocycles. The smallest absolute Gasteiger partial charge is 0.338 e. The van der Waals surface area contributed by atoms with E-state index in [1.54, 1.807) is 43.7 Å². The van der Waals surface area contributed by atoms with Gasteiger partial charge in [-0.25, -0.2) is 9.48 Å². The molecule has 0 amide bonds. The summed E-state index contributed by atoms with van der Waals surface area (Å²) in [7, 11) is 0. The fourth-order valence-electron chi connectivity index (χ4n) is 2.91. The van der Waals surface area contributed by atoms with Crippen LogP contribution in [-0.4, -0.2) is 38.6 Å². The lowest BCUT2D eigenvalue weighted by Gasteiger charge is -2.29. The highest BCUT2D eigenvalue weighted by Gasteiger charge is 2.35. The monoisotopic (exact) mass is 358 g/mol. The Bertz CT molecular complexity index is 857. The summed E-state index contributed by atoms with van der Waals surface area (Å²) < 4.78 is 12.5. The topological polar surface area (TPSA) is 98.5 Å². The van der Waals surface area contributed by atoms with Crippen molar-refractivity contribution in [3.05, 3.63) is 41.4 Å². The molecule has 0 unspecified atom stereocenters. The lowest BCUT2D eigenvalue weighted by Crippen LogP contribution is -2.30. The number of hydrogen-bond acceptors (Lipinski definition) is 7. The van der Waals surface area contributed by atoms with Gasteiger partial charge in [-0.15, -0.1) is 0 Å². The second-order valence-corrected chi connectivity index (χ2v) is 6.21. The number of carbonyl (C=O) groups is 1. The van der Waals surface area contributed by atoms with Gasteiger partial charge in [-0.1, -0.05) is 6.07 Å². The molecule has 0 spiro atoms. The van der Waals surface area contributed by atoms with Crippen LogP contribution < -0.4 is 10.1 Å². The van der Waals surface area contributed by atoms with Crippen LogP contribution in [0.25, 0.3) is 0 Å². The fourth-order valence-corrected chi connectivity index (χ4v) is 2.91. The Morgan fingerprint density at radius 2 is 2.19 bits per heavy atom. The summed E-state index contributed by atoms with van der Waals surface area (Å²) in [5.41, 5.74) is 1.81. The van der Waals surface area contributed by atoms with Crippen LogP contribution in [0.3, 0.4) is 0 Å². The van der Waals surface area contributed by atoms with Gasteiger partial charge in [0.1, 0.15) is 12.4 Å². The Morgan fingerprint density at radius 1 is 1.42 bits per heavy atom. The molecule has 1 atom stereocenters. The van der Waals surface area contributed by atoms with Crippen molar-refractivity contribution < 1.29 is 19.4 Å². The van der Waals surface area contributed by atoms with E-state index in [9.17, 15) is 9.90 Å². The minimum absolute atomic E-state index is 0.0374. The number of phenols is 1. The van der Waals surface area contributed by atoms with Gasteiger partial charge < -0.3 is 19.9 Å². The zero-order valence-electron chi connectivity index (χ0n) is 15.2. The molecular formula is C18H22N4O4. The molecule has 8 nitrogen and oxygen atoms in total. The molecule has 1 aromatic carbocycles. The van der Waals surface area contributed by atoms with Crippen LogP contribution in [0.4, 0.5) is 5.95 Å². The summed E-state index contributed by atoms with van der Waals surface area (Å²) in [6.07, 6.45) is 1.17. The largest absolute Gasteiger partial charge is 0.504 e. The van der Waals surface area contributed by atoms with Crippen LogP contribution in [0.1, 0.15) is 39.3 Å². The van der Waals surface area contributed by atoms with Crippen LogP contribution in [0, 0.1) is 0 Å². The molecule has 0 saturated heterocycles. The van der Waals surface area contributed by atoms with Crippen LogP contribution in [-0.2, 0) is 9.53 Å². The normalized spacial score (nSPS) is 16.3. The van der Waals surface area contributed by atoms with Gasteiger partial charge in [-0.05, 0) is 45.4 Å². The van der Waals surface area contributed by atoms with E-state index in [1.807, 2.05) is 6.92 Å². The Hall–Kier alpha value is -3.03. The van der Waals surface area contributed by atoms with Gasteiger partial charge in [-0.3, -0.25) is 0 Å². The van der Waals surface area contributed by atoms with E-state index >= 15 is 0 Å². The lowest BCUT2D eigenvalue weighted by molar-refractivity contribution is -0.143. The highest BCUT2D eigenvalue weighted by Crippen LogP contribution is 2.38. The number of benzene rings is 1. The number of ether oxygens (including phenoxy) is 2. The molecule has 3 rings (SSSR count). The molecule has 138 valence electrons. The quantitative estimate of drug-likeness (QED) is 0.793. The number of anilines is 1. The second-order valence-electron chi connectivity index (χ2n) is 6.21. The predicted octanol–water partition coefficient (Wildman–Crippen LogP) is 2.62. The summed E-state index contributed by atoms with van der Waals surface area (Å²) in [4.78, 5) is 16.9. The number of aromatic hydroxyl groups is 1. The van der Waals surface area contributed by atoms with E-state index in [2.05, 4.69) is 15.4 Å². The van der Waals surface area contributed by atoms with Gasteiger partial charge in [-0.2, -0.15) is 10.1 Å².